The van der Waals surface area contributed by atoms with Gasteiger partial charge in [-0.2, -0.15) is 5.10 Å². The van der Waals surface area contributed by atoms with Gasteiger partial charge in [-0.15, -0.1) is 0 Å². The average molecular weight is 585 g/mol. The molecule has 0 unspecified atom stereocenters. The first-order chi connectivity index (χ1) is 16.9. The van der Waals surface area contributed by atoms with E-state index in [-0.39, 0.29) is 24.0 Å². The third-order valence-corrected chi connectivity index (χ3v) is 5.71. The van der Waals surface area contributed by atoms with E-state index in [2.05, 4.69) is 15.8 Å². The lowest BCUT2D eigenvalue weighted by atomic mass is 10.1. The largest absolute Gasteiger partial charge is 0.504 e. The van der Waals surface area contributed by atoms with Crippen LogP contribution in [-0.2, 0) is 4.79 Å². The van der Waals surface area contributed by atoms with Gasteiger partial charge in [-0.3, -0.25) is 9.59 Å². The zero-order chi connectivity index (χ0) is 24.8. The maximum absolute atomic E-state index is 13.0. The monoisotopic (exact) mass is 585 g/mol. The number of ether oxygens (including phenoxy) is 3. The molecular formula is C25H20IN3O6. The molecule has 1 aliphatic rings. The van der Waals surface area contributed by atoms with Gasteiger partial charge in [0.2, 0.25) is 6.79 Å². The lowest BCUT2D eigenvalue weighted by molar-refractivity contribution is -0.117. The van der Waals surface area contributed by atoms with Crippen molar-refractivity contribution < 1.29 is 28.9 Å². The number of rotatable bonds is 7. The maximum Gasteiger partial charge on any atom is 0.287 e. The molecule has 0 bridgehead atoms. The second-order valence-corrected chi connectivity index (χ2v) is 8.41. The highest BCUT2D eigenvalue weighted by atomic mass is 127. The molecule has 178 valence electrons. The number of amides is 2. The van der Waals surface area contributed by atoms with Crippen LogP contribution in [0, 0.1) is 3.57 Å². The minimum Gasteiger partial charge on any atom is -0.504 e. The molecule has 3 aromatic rings. The Bertz CT molecular complexity index is 1320. The van der Waals surface area contributed by atoms with E-state index < -0.39 is 11.8 Å². The highest BCUT2D eigenvalue weighted by molar-refractivity contribution is 14.1. The van der Waals surface area contributed by atoms with Crippen LogP contribution in [0.4, 0.5) is 0 Å². The number of aromatic hydroxyl groups is 1. The van der Waals surface area contributed by atoms with Crippen molar-refractivity contribution in [1.82, 2.24) is 10.7 Å². The van der Waals surface area contributed by atoms with Gasteiger partial charge in [-0.1, -0.05) is 24.3 Å². The van der Waals surface area contributed by atoms with E-state index in [1.54, 1.807) is 60.7 Å². The molecule has 3 N–H and O–H groups in total. The van der Waals surface area contributed by atoms with Gasteiger partial charge < -0.3 is 24.6 Å². The normalized spacial score (nSPS) is 12.5. The molecule has 9 nitrogen and oxygen atoms in total. The van der Waals surface area contributed by atoms with E-state index in [1.807, 2.05) is 22.6 Å². The molecule has 1 heterocycles. The summed E-state index contributed by atoms with van der Waals surface area (Å²) in [7, 11) is 1.44. The molecule has 0 saturated heterocycles. The van der Waals surface area contributed by atoms with Gasteiger partial charge in [0.05, 0.1) is 16.9 Å². The van der Waals surface area contributed by atoms with E-state index in [9.17, 15) is 14.7 Å². The van der Waals surface area contributed by atoms with Crippen LogP contribution < -0.4 is 25.0 Å². The summed E-state index contributed by atoms with van der Waals surface area (Å²) in [6, 6.07) is 17.0. The fourth-order valence-electron chi connectivity index (χ4n) is 3.16. The third kappa shape index (κ3) is 5.90. The number of carbonyl (C=O) groups is 2. The summed E-state index contributed by atoms with van der Waals surface area (Å²) >= 11 is 1.96. The number of nitrogens with one attached hydrogen (secondary N) is 2. The molecule has 35 heavy (non-hydrogen) atoms. The van der Waals surface area contributed by atoms with Crippen molar-refractivity contribution in [3.8, 4) is 23.0 Å². The van der Waals surface area contributed by atoms with Crippen LogP contribution in [0.25, 0.3) is 6.08 Å². The number of phenolic OH excluding ortho intramolecular Hbond substituents is 1. The Morgan fingerprint density at radius 2 is 1.83 bits per heavy atom. The fraction of sp³-hybridized carbons (Fsp3) is 0.0800. The number of phenols is 1. The quantitative estimate of drug-likeness (QED) is 0.169. The molecular weight excluding hydrogens is 565 g/mol. The van der Waals surface area contributed by atoms with Crippen LogP contribution >= 0.6 is 22.6 Å². The molecule has 0 saturated carbocycles. The zero-order valence-electron chi connectivity index (χ0n) is 18.4. The molecule has 0 aromatic heterocycles. The lowest BCUT2D eigenvalue weighted by Crippen LogP contribution is -2.32. The Morgan fingerprint density at radius 3 is 2.60 bits per heavy atom. The number of hydrogen-bond donors (Lipinski definition) is 3. The van der Waals surface area contributed by atoms with E-state index >= 15 is 0 Å². The minimum atomic E-state index is -0.636. The first-order valence-corrected chi connectivity index (χ1v) is 11.4. The standard InChI is InChI=1S/C25H20IN3O6/c1-33-22-12-16(9-18(26)23(22)30)13-27-29-25(32)19(28-24(31)17-5-3-2-4-6-17)10-15-7-8-20-21(11-15)35-14-34-20/h2-13,30H,14H2,1H3,(H,28,31)(H,29,32)/b19-10?,27-13+. The second-order valence-electron chi connectivity index (χ2n) is 7.24. The smallest absolute Gasteiger partial charge is 0.287 e. The van der Waals surface area contributed by atoms with E-state index in [1.165, 1.54) is 19.4 Å². The first kappa shape index (κ1) is 24.1. The number of methoxy groups -OCH3 is 1. The Hall–Kier alpha value is -4.06. The Balaban J connectivity index is 1.56. The van der Waals surface area contributed by atoms with Gasteiger partial charge >= 0.3 is 0 Å². The highest BCUT2D eigenvalue weighted by Crippen LogP contribution is 2.33. The maximum atomic E-state index is 13.0. The van der Waals surface area contributed by atoms with Crippen molar-refractivity contribution in [2.75, 3.05) is 13.9 Å². The van der Waals surface area contributed by atoms with Crippen molar-refractivity contribution >= 4 is 46.7 Å². The summed E-state index contributed by atoms with van der Waals surface area (Å²) in [5.74, 6) is 0.361. The van der Waals surface area contributed by atoms with Crippen molar-refractivity contribution in [1.29, 1.82) is 0 Å². The van der Waals surface area contributed by atoms with Gasteiger partial charge in [0.1, 0.15) is 5.70 Å². The summed E-state index contributed by atoms with van der Waals surface area (Å²) in [6.07, 6.45) is 2.92. The van der Waals surface area contributed by atoms with Crippen LogP contribution in [-0.4, -0.2) is 37.0 Å². The Kier molecular flexibility index (Phi) is 7.51. The van der Waals surface area contributed by atoms with Gasteiger partial charge in [0.15, 0.2) is 23.0 Å². The molecule has 0 atom stereocenters. The van der Waals surface area contributed by atoms with Crippen LogP contribution in [0.1, 0.15) is 21.5 Å². The predicted octanol–water partition coefficient (Wildman–Crippen LogP) is 3.66. The molecule has 0 aliphatic carbocycles. The minimum absolute atomic E-state index is 0.0202. The molecule has 0 radical (unpaired) electrons. The Morgan fingerprint density at radius 1 is 1.06 bits per heavy atom. The average Bonchev–Trinajstić information content (AvgIpc) is 3.34. The van der Waals surface area contributed by atoms with Crippen molar-refractivity contribution in [3.05, 3.63) is 86.6 Å². The molecule has 3 aromatic carbocycles. The van der Waals surface area contributed by atoms with Crippen LogP contribution in [0.15, 0.2) is 71.5 Å². The third-order valence-electron chi connectivity index (χ3n) is 4.89. The van der Waals surface area contributed by atoms with Crippen molar-refractivity contribution in [3.63, 3.8) is 0 Å². The number of hydrogen-bond acceptors (Lipinski definition) is 7. The van der Waals surface area contributed by atoms with Gasteiger partial charge in [0, 0.05) is 5.56 Å². The summed E-state index contributed by atoms with van der Waals surface area (Å²) in [5, 5.41) is 16.6. The molecule has 2 amide bonds. The molecule has 0 fully saturated rings. The molecule has 10 heteroatoms. The second kappa shape index (κ2) is 10.9. The number of halogens is 1. The van der Waals surface area contributed by atoms with Gasteiger partial charge in [-0.05, 0) is 76.2 Å². The van der Waals surface area contributed by atoms with Crippen molar-refractivity contribution in [2.45, 2.75) is 0 Å². The fourth-order valence-corrected chi connectivity index (χ4v) is 3.79. The number of benzene rings is 3. The summed E-state index contributed by atoms with van der Waals surface area (Å²) in [5.41, 5.74) is 4.01. The van der Waals surface area contributed by atoms with Crippen LogP contribution in [0.5, 0.6) is 23.0 Å². The zero-order valence-corrected chi connectivity index (χ0v) is 20.6. The molecule has 1 aliphatic heterocycles. The van der Waals surface area contributed by atoms with Gasteiger partial charge in [0.25, 0.3) is 11.8 Å². The van der Waals surface area contributed by atoms with Crippen molar-refractivity contribution in [2.24, 2.45) is 5.10 Å². The molecule has 0 spiro atoms. The number of nitrogens with zero attached hydrogens (tertiary/aromatic N) is 1. The molecule has 4 rings (SSSR count). The Labute approximate surface area is 214 Å². The van der Waals surface area contributed by atoms with E-state index in [0.717, 1.165) is 0 Å². The SMILES string of the molecule is COc1cc(/C=N/NC(=O)C(=Cc2ccc3c(c2)OCO3)NC(=O)c2ccccc2)cc(I)c1O. The summed E-state index contributed by atoms with van der Waals surface area (Å²) < 4.78 is 16.4. The predicted molar refractivity (Wildman–Crippen MR) is 138 cm³/mol. The topological polar surface area (TPSA) is 118 Å². The van der Waals surface area contributed by atoms with E-state index in [4.69, 9.17) is 14.2 Å². The first-order valence-electron chi connectivity index (χ1n) is 10.3. The van der Waals surface area contributed by atoms with Crippen LogP contribution in [0.2, 0.25) is 0 Å². The number of carbonyl (C=O) groups excluding carboxylic acids is 2. The lowest BCUT2D eigenvalue weighted by Gasteiger charge is -2.10. The van der Waals surface area contributed by atoms with E-state index in [0.29, 0.717) is 31.8 Å². The van der Waals surface area contributed by atoms with Gasteiger partial charge in [-0.25, -0.2) is 5.43 Å². The summed E-state index contributed by atoms with van der Waals surface area (Å²) in [6.45, 7) is 0.121. The number of fused-ring (bicyclic) bond motifs is 1. The van der Waals surface area contributed by atoms with Crippen LogP contribution in [0.3, 0.4) is 0 Å². The summed E-state index contributed by atoms with van der Waals surface area (Å²) in [4.78, 5) is 25.7. The highest BCUT2D eigenvalue weighted by Gasteiger charge is 2.17. The number of hydrazone groups is 1.